The molecule has 5 heteroatoms. The van der Waals surface area contributed by atoms with Gasteiger partial charge in [0, 0.05) is 19.2 Å². The number of rotatable bonds is 8. The average Bonchev–Trinajstić information content (AvgIpc) is 2.22. The van der Waals surface area contributed by atoms with Gasteiger partial charge in [-0.3, -0.25) is 0 Å². The minimum absolute atomic E-state index is 0.0528. The Hall–Kier alpha value is -0.810. The van der Waals surface area contributed by atoms with Crippen LogP contribution in [0.25, 0.3) is 0 Å². The van der Waals surface area contributed by atoms with Crippen LogP contribution >= 0.6 is 0 Å². The maximum absolute atomic E-state index is 11.6. The summed E-state index contributed by atoms with van der Waals surface area (Å²) in [5.41, 5.74) is -0.125. The number of aliphatic hydroxyl groups excluding tert-OH is 2. The molecule has 0 fully saturated rings. The zero-order chi connectivity index (χ0) is 14.2. The lowest BCUT2D eigenvalue weighted by Crippen LogP contribution is -2.44. The lowest BCUT2D eigenvalue weighted by Gasteiger charge is -2.26. The van der Waals surface area contributed by atoms with Crippen molar-refractivity contribution in [3.8, 4) is 0 Å². The summed E-state index contributed by atoms with van der Waals surface area (Å²) in [5, 5.41) is 23.7. The van der Waals surface area contributed by atoms with E-state index in [0.29, 0.717) is 19.4 Å². The van der Waals surface area contributed by atoms with Gasteiger partial charge < -0.3 is 20.8 Å². The molecule has 2 unspecified atom stereocenters. The fraction of sp³-hybridized carbons (Fsp3) is 0.923. The van der Waals surface area contributed by atoms with Crippen molar-refractivity contribution in [2.75, 3.05) is 13.2 Å². The van der Waals surface area contributed by atoms with Gasteiger partial charge in [0.25, 0.3) is 0 Å². The predicted octanol–water partition coefficient (Wildman–Crippen LogP) is 1.24. The second kappa shape index (κ2) is 8.32. The molecule has 0 aliphatic carbocycles. The zero-order valence-corrected chi connectivity index (χ0v) is 12.0. The number of aliphatic hydroxyl groups is 2. The molecule has 0 saturated heterocycles. The summed E-state index contributed by atoms with van der Waals surface area (Å²) in [6.45, 7) is 8.35. The van der Waals surface area contributed by atoms with Gasteiger partial charge in [-0.1, -0.05) is 13.8 Å². The van der Waals surface area contributed by atoms with Crippen LogP contribution in [0.1, 0.15) is 47.0 Å². The van der Waals surface area contributed by atoms with Crippen LogP contribution in [-0.4, -0.2) is 41.5 Å². The SMILES string of the molecule is CC(O)CC(C)(C)CNC(=O)NC(C)CCCO. The van der Waals surface area contributed by atoms with Crippen molar-refractivity contribution in [1.29, 1.82) is 0 Å². The number of urea groups is 1. The Morgan fingerprint density at radius 3 is 2.44 bits per heavy atom. The van der Waals surface area contributed by atoms with Gasteiger partial charge in [0.05, 0.1) is 6.10 Å². The monoisotopic (exact) mass is 260 g/mol. The first-order valence-corrected chi connectivity index (χ1v) is 6.60. The number of carbonyl (C=O) groups is 1. The van der Waals surface area contributed by atoms with E-state index in [4.69, 9.17) is 5.11 Å². The van der Waals surface area contributed by atoms with Crippen LogP contribution in [0.15, 0.2) is 0 Å². The molecule has 18 heavy (non-hydrogen) atoms. The molecular weight excluding hydrogens is 232 g/mol. The Kier molecular flexibility index (Phi) is 7.95. The Balaban J connectivity index is 3.88. The molecule has 0 aromatic heterocycles. The quantitative estimate of drug-likeness (QED) is 0.530. The molecule has 108 valence electrons. The third-order valence-corrected chi connectivity index (χ3v) is 2.75. The van der Waals surface area contributed by atoms with Crippen LogP contribution < -0.4 is 10.6 Å². The van der Waals surface area contributed by atoms with Gasteiger partial charge in [0.2, 0.25) is 0 Å². The summed E-state index contributed by atoms with van der Waals surface area (Å²) in [5.74, 6) is 0. The first-order chi connectivity index (χ1) is 8.26. The Labute approximate surface area is 110 Å². The van der Waals surface area contributed by atoms with Crippen LogP contribution in [0.3, 0.4) is 0 Å². The molecule has 4 N–H and O–H groups in total. The molecule has 0 heterocycles. The molecular formula is C13H28N2O3. The van der Waals surface area contributed by atoms with E-state index in [9.17, 15) is 9.90 Å². The van der Waals surface area contributed by atoms with Gasteiger partial charge in [-0.25, -0.2) is 4.79 Å². The molecule has 5 nitrogen and oxygen atoms in total. The topological polar surface area (TPSA) is 81.6 Å². The number of amides is 2. The lowest BCUT2D eigenvalue weighted by molar-refractivity contribution is 0.128. The lowest BCUT2D eigenvalue weighted by atomic mass is 9.87. The van der Waals surface area contributed by atoms with Crippen LogP contribution in [0.4, 0.5) is 4.79 Å². The van der Waals surface area contributed by atoms with Gasteiger partial charge in [0.15, 0.2) is 0 Å². The van der Waals surface area contributed by atoms with Crippen molar-refractivity contribution in [1.82, 2.24) is 10.6 Å². The highest BCUT2D eigenvalue weighted by Gasteiger charge is 2.21. The predicted molar refractivity (Wildman–Crippen MR) is 72.4 cm³/mol. The van der Waals surface area contributed by atoms with E-state index in [0.717, 1.165) is 6.42 Å². The van der Waals surface area contributed by atoms with Gasteiger partial charge in [0.1, 0.15) is 0 Å². The molecule has 0 aliphatic rings. The van der Waals surface area contributed by atoms with Crippen molar-refractivity contribution >= 4 is 6.03 Å². The van der Waals surface area contributed by atoms with Gasteiger partial charge >= 0.3 is 6.03 Å². The van der Waals surface area contributed by atoms with E-state index in [-0.39, 0.29) is 30.2 Å². The fourth-order valence-corrected chi connectivity index (χ4v) is 1.94. The summed E-state index contributed by atoms with van der Waals surface area (Å²) in [4.78, 5) is 11.6. The van der Waals surface area contributed by atoms with Crippen molar-refractivity contribution in [3.05, 3.63) is 0 Å². The average molecular weight is 260 g/mol. The maximum atomic E-state index is 11.6. The first-order valence-electron chi connectivity index (χ1n) is 6.60. The summed E-state index contributed by atoms with van der Waals surface area (Å²) < 4.78 is 0. The van der Waals surface area contributed by atoms with Gasteiger partial charge in [-0.05, 0) is 38.5 Å². The van der Waals surface area contributed by atoms with Gasteiger partial charge in [-0.2, -0.15) is 0 Å². The third kappa shape index (κ3) is 9.24. The number of nitrogens with one attached hydrogen (secondary N) is 2. The van der Waals surface area contributed by atoms with Crippen LogP contribution in [-0.2, 0) is 0 Å². The van der Waals surface area contributed by atoms with E-state index in [2.05, 4.69) is 10.6 Å². The number of hydrogen-bond acceptors (Lipinski definition) is 3. The summed E-state index contributed by atoms with van der Waals surface area (Å²) in [6, 6.07) is -0.142. The molecule has 2 atom stereocenters. The largest absolute Gasteiger partial charge is 0.396 e. The highest BCUT2D eigenvalue weighted by atomic mass is 16.3. The molecule has 0 aromatic rings. The maximum Gasteiger partial charge on any atom is 0.315 e. The highest BCUT2D eigenvalue weighted by molar-refractivity contribution is 5.74. The Bertz CT molecular complexity index is 242. The smallest absolute Gasteiger partial charge is 0.315 e. The molecule has 0 aliphatic heterocycles. The third-order valence-electron chi connectivity index (χ3n) is 2.75. The standard InChI is InChI=1S/C13H28N2O3/c1-10(6-5-7-16)15-12(18)14-9-13(3,4)8-11(2)17/h10-11,16-17H,5-9H2,1-4H3,(H2,14,15,18). The molecule has 0 radical (unpaired) electrons. The van der Waals surface area contributed by atoms with E-state index >= 15 is 0 Å². The molecule has 0 saturated carbocycles. The molecule has 0 aromatic carbocycles. The Morgan fingerprint density at radius 2 is 1.94 bits per heavy atom. The number of carbonyl (C=O) groups excluding carboxylic acids is 1. The second-order valence-electron chi connectivity index (χ2n) is 5.81. The van der Waals surface area contributed by atoms with E-state index < -0.39 is 0 Å². The van der Waals surface area contributed by atoms with E-state index in [1.807, 2.05) is 20.8 Å². The van der Waals surface area contributed by atoms with E-state index in [1.54, 1.807) is 6.92 Å². The van der Waals surface area contributed by atoms with Crippen molar-refractivity contribution < 1.29 is 15.0 Å². The van der Waals surface area contributed by atoms with Crippen molar-refractivity contribution in [3.63, 3.8) is 0 Å². The van der Waals surface area contributed by atoms with Gasteiger partial charge in [-0.15, -0.1) is 0 Å². The van der Waals surface area contributed by atoms with E-state index in [1.165, 1.54) is 0 Å². The number of hydrogen-bond donors (Lipinski definition) is 4. The summed E-state index contributed by atoms with van der Waals surface area (Å²) in [7, 11) is 0. The molecule has 0 rings (SSSR count). The minimum Gasteiger partial charge on any atom is -0.396 e. The highest BCUT2D eigenvalue weighted by Crippen LogP contribution is 2.20. The molecule has 2 amide bonds. The Morgan fingerprint density at radius 1 is 1.33 bits per heavy atom. The first kappa shape index (κ1) is 17.2. The minimum atomic E-state index is -0.367. The normalized spacial score (nSPS) is 15.0. The second-order valence-corrected chi connectivity index (χ2v) is 5.81. The van der Waals surface area contributed by atoms with Crippen molar-refractivity contribution in [2.45, 2.75) is 59.1 Å². The van der Waals surface area contributed by atoms with Crippen LogP contribution in [0.2, 0.25) is 0 Å². The summed E-state index contributed by atoms with van der Waals surface area (Å²) in [6.07, 6.45) is 1.73. The molecule has 0 bridgehead atoms. The fourth-order valence-electron chi connectivity index (χ4n) is 1.94. The van der Waals surface area contributed by atoms with Crippen LogP contribution in [0.5, 0.6) is 0 Å². The summed E-state index contributed by atoms with van der Waals surface area (Å²) >= 11 is 0. The zero-order valence-electron chi connectivity index (χ0n) is 12.0. The molecule has 0 spiro atoms. The van der Waals surface area contributed by atoms with Crippen molar-refractivity contribution in [2.24, 2.45) is 5.41 Å². The van der Waals surface area contributed by atoms with Crippen LogP contribution in [0, 0.1) is 5.41 Å².